The first-order valence-electron chi connectivity index (χ1n) is 7.48. The molecule has 0 amide bonds. The third-order valence-electron chi connectivity index (χ3n) is 3.56. The Balaban J connectivity index is 2.61. The van der Waals surface area contributed by atoms with Crippen LogP contribution in [0.4, 0.5) is 0 Å². The fourth-order valence-electron chi connectivity index (χ4n) is 2.40. The van der Waals surface area contributed by atoms with Crippen molar-refractivity contribution in [3.8, 4) is 11.5 Å². The Labute approximate surface area is 121 Å². The molecule has 0 spiro atoms. The zero-order valence-electron chi connectivity index (χ0n) is 13.0. The van der Waals surface area contributed by atoms with Gasteiger partial charge in [0.15, 0.2) is 0 Å². The van der Waals surface area contributed by atoms with Crippen LogP contribution in [0.3, 0.4) is 0 Å². The Kier molecular flexibility index (Phi) is 4.89. The van der Waals surface area contributed by atoms with Crippen molar-refractivity contribution >= 4 is 10.8 Å². The highest BCUT2D eigenvalue weighted by Gasteiger charge is 2.15. The van der Waals surface area contributed by atoms with Crippen LogP contribution in [-0.2, 0) is 0 Å². The Hall–Kier alpha value is -1.70. The van der Waals surface area contributed by atoms with Crippen LogP contribution in [0.15, 0.2) is 24.3 Å². The lowest BCUT2D eigenvalue weighted by molar-refractivity contribution is 0.310. The highest BCUT2D eigenvalue weighted by molar-refractivity contribution is 5.95. The molecule has 0 aliphatic carbocycles. The molecule has 0 saturated carbocycles. The van der Waals surface area contributed by atoms with Crippen molar-refractivity contribution in [3.05, 3.63) is 35.4 Å². The summed E-state index contributed by atoms with van der Waals surface area (Å²) in [6.45, 7) is 9.99. The van der Waals surface area contributed by atoms with E-state index in [0.29, 0.717) is 0 Å². The molecule has 0 saturated heterocycles. The minimum Gasteiger partial charge on any atom is -0.493 e. The second-order valence-electron chi connectivity index (χ2n) is 5.15. The molecule has 2 aromatic rings. The lowest BCUT2D eigenvalue weighted by Crippen LogP contribution is -2.03. The van der Waals surface area contributed by atoms with E-state index in [4.69, 9.17) is 9.47 Å². The largest absolute Gasteiger partial charge is 0.493 e. The van der Waals surface area contributed by atoms with Crippen LogP contribution < -0.4 is 9.47 Å². The molecule has 2 heteroatoms. The Morgan fingerprint density at radius 1 is 0.750 bits per heavy atom. The number of benzene rings is 2. The summed E-state index contributed by atoms with van der Waals surface area (Å²) >= 11 is 0. The van der Waals surface area contributed by atoms with E-state index in [-0.39, 0.29) is 0 Å². The van der Waals surface area contributed by atoms with Gasteiger partial charge in [-0.05, 0) is 37.8 Å². The first-order valence-corrected chi connectivity index (χ1v) is 7.48. The summed E-state index contributed by atoms with van der Waals surface area (Å²) in [7, 11) is 0. The molecule has 0 aliphatic heterocycles. The Bertz CT molecular complexity index is 535. The van der Waals surface area contributed by atoms with Gasteiger partial charge in [-0.25, -0.2) is 0 Å². The molecule has 0 radical (unpaired) electrons. The highest BCUT2D eigenvalue weighted by atomic mass is 16.5. The van der Waals surface area contributed by atoms with E-state index in [9.17, 15) is 0 Å². The number of rotatable bonds is 6. The molecule has 20 heavy (non-hydrogen) atoms. The number of ether oxygens (including phenoxy) is 2. The van der Waals surface area contributed by atoms with Crippen molar-refractivity contribution in [2.75, 3.05) is 13.2 Å². The molecule has 2 nitrogen and oxygen atoms in total. The SMILES string of the molecule is CCCOc1c(C)c(C)c(OCCC)c2ccccc12. The molecule has 0 bridgehead atoms. The second kappa shape index (κ2) is 6.65. The first-order chi connectivity index (χ1) is 9.70. The summed E-state index contributed by atoms with van der Waals surface area (Å²) in [4.78, 5) is 0. The highest BCUT2D eigenvalue weighted by Crippen LogP contribution is 2.40. The van der Waals surface area contributed by atoms with Crippen molar-refractivity contribution in [2.45, 2.75) is 40.5 Å². The normalized spacial score (nSPS) is 10.8. The monoisotopic (exact) mass is 272 g/mol. The van der Waals surface area contributed by atoms with Gasteiger partial charge in [-0.3, -0.25) is 0 Å². The van der Waals surface area contributed by atoms with E-state index in [2.05, 4.69) is 52.0 Å². The number of fused-ring (bicyclic) bond motifs is 1. The summed E-state index contributed by atoms with van der Waals surface area (Å²) in [5, 5.41) is 2.30. The van der Waals surface area contributed by atoms with Gasteiger partial charge in [0.1, 0.15) is 11.5 Å². The summed E-state index contributed by atoms with van der Waals surface area (Å²) in [6.07, 6.45) is 2.03. The molecular weight excluding hydrogens is 248 g/mol. The standard InChI is InChI=1S/C18H24O2/c1-5-11-19-17-13(3)14(4)18(20-12-6-2)16-10-8-7-9-15(16)17/h7-10H,5-6,11-12H2,1-4H3. The van der Waals surface area contributed by atoms with E-state index in [0.717, 1.165) is 48.3 Å². The van der Waals surface area contributed by atoms with Gasteiger partial charge < -0.3 is 9.47 Å². The van der Waals surface area contributed by atoms with Crippen LogP contribution >= 0.6 is 0 Å². The summed E-state index contributed by atoms with van der Waals surface area (Å²) in [5.41, 5.74) is 2.37. The molecule has 0 atom stereocenters. The maximum atomic E-state index is 5.98. The molecule has 0 heterocycles. The van der Waals surface area contributed by atoms with Crippen LogP contribution in [0.2, 0.25) is 0 Å². The van der Waals surface area contributed by atoms with Gasteiger partial charge in [0.25, 0.3) is 0 Å². The van der Waals surface area contributed by atoms with E-state index in [1.165, 1.54) is 11.1 Å². The van der Waals surface area contributed by atoms with E-state index < -0.39 is 0 Å². The maximum absolute atomic E-state index is 5.98. The zero-order valence-corrected chi connectivity index (χ0v) is 13.0. The van der Waals surface area contributed by atoms with Gasteiger partial charge in [-0.1, -0.05) is 38.1 Å². The fourth-order valence-corrected chi connectivity index (χ4v) is 2.40. The number of hydrogen-bond acceptors (Lipinski definition) is 2. The third kappa shape index (κ3) is 2.74. The van der Waals surface area contributed by atoms with Crippen LogP contribution in [0.1, 0.15) is 37.8 Å². The molecular formula is C18H24O2. The van der Waals surface area contributed by atoms with Crippen LogP contribution in [0.25, 0.3) is 10.8 Å². The molecule has 108 valence electrons. The van der Waals surface area contributed by atoms with Gasteiger partial charge in [-0.15, -0.1) is 0 Å². The van der Waals surface area contributed by atoms with Crippen molar-refractivity contribution in [2.24, 2.45) is 0 Å². The molecule has 2 rings (SSSR count). The quantitative estimate of drug-likeness (QED) is 0.734. The zero-order chi connectivity index (χ0) is 14.5. The molecule has 0 aliphatic rings. The molecule has 0 unspecified atom stereocenters. The first kappa shape index (κ1) is 14.7. The topological polar surface area (TPSA) is 18.5 Å². The molecule has 0 fully saturated rings. The molecule has 2 aromatic carbocycles. The van der Waals surface area contributed by atoms with E-state index in [1.54, 1.807) is 0 Å². The summed E-state index contributed by atoms with van der Waals surface area (Å²) < 4.78 is 12.0. The minimum absolute atomic E-state index is 0.749. The van der Waals surface area contributed by atoms with Crippen LogP contribution in [0, 0.1) is 13.8 Å². The lowest BCUT2D eigenvalue weighted by Gasteiger charge is -2.19. The fraction of sp³-hybridized carbons (Fsp3) is 0.444. The average Bonchev–Trinajstić information content (AvgIpc) is 2.47. The number of hydrogen-bond donors (Lipinski definition) is 0. The van der Waals surface area contributed by atoms with Gasteiger partial charge in [0, 0.05) is 10.8 Å². The Morgan fingerprint density at radius 3 is 1.50 bits per heavy atom. The molecule has 0 aromatic heterocycles. The van der Waals surface area contributed by atoms with Crippen molar-refractivity contribution in [1.82, 2.24) is 0 Å². The Morgan fingerprint density at radius 2 is 1.15 bits per heavy atom. The van der Waals surface area contributed by atoms with Crippen molar-refractivity contribution in [3.63, 3.8) is 0 Å². The van der Waals surface area contributed by atoms with Crippen LogP contribution in [-0.4, -0.2) is 13.2 Å². The predicted molar refractivity (Wildman–Crippen MR) is 85.0 cm³/mol. The molecule has 0 N–H and O–H groups in total. The second-order valence-corrected chi connectivity index (χ2v) is 5.15. The maximum Gasteiger partial charge on any atom is 0.130 e. The van der Waals surface area contributed by atoms with Crippen LogP contribution in [0.5, 0.6) is 11.5 Å². The van der Waals surface area contributed by atoms with Gasteiger partial charge in [-0.2, -0.15) is 0 Å². The van der Waals surface area contributed by atoms with Gasteiger partial charge >= 0.3 is 0 Å². The summed E-state index contributed by atoms with van der Waals surface area (Å²) in [6, 6.07) is 8.34. The summed E-state index contributed by atoms with van der Waals surface area (Å²) in [5.74, 6) is 2.01. The van der Waals surface area contributed by atoms with Crippen molar-refractivity contribution < 1.29 is 9.47 Å². The third-order valence-corrected chi connectivity index (χ3v) is 3.56. The predicted octanol–water partition coefficient (Wildman–Crippen LogP) is 5.03. The lowest BCUT2D eigenvalue weighted by atomic mass is 9.99. The van der Waals surface area contributed by atoms with Crippen molar-refractivity contribution in [1.29, 1.82) is 0 Å². The van der Waals surface area contributed by atoms with E-state index >= 15 is 0 Å². The minimum atomic E-state index is 0.749. The smallest absolute Gasteiger partial charge is 0.130 e. The van der Waals surface area contributed by atoms with E-state index in [1.807, 2.05) is 0 Å². The average molecular weight is 272 g/mol. The van der Waals surface area contributed by atoms with Gasteiger partial charge in [0.2, 0.25) is 0 Å². The van der Waals surface area contributed by atoms with Gasteiger partial charge in [0.05, 0.1) is 13.2 Å².